The molecule has 0 aliphatic rings. The number of thiophene rings is 1. The summed E-state index contributed by atoms with van der Waals surface area (Å²) in [6.45, 7) is 0. The van der Waals surface area contributed by atoms with Crippen molar-refractivity contribution >= 4 is 46.1 Å². The van der Waals surface area contributed by atoms with Crippen LogP contribution in [0, 0.1) is 0 Å². The van der Waals surface area contributed by atoms with Gasteiger partial charge in [-0.1, -0.05) is 35.9 Å². The van der Waals surface area contributed by atoms with Crippen molar-refractivity contribution in [2.75, 3.05) is 17.4 Å². The molecule has 0 bridgehead atoms. The van der Waals surface area contributed by atoms with Gasteiger partial charge in [-0.2, -0.15) is 0 Å². The summed E-state index contributed by atoms with van der Waals surface area (Å²) < 4.78 is 0. The van der Waals surface area contributed by atoms with Crippen molar-refractivity contribution in [1.82, 2.24) is 5.43 Å². The van der Waals surface area contributed by atoms with Gasteiger partial charge in [-0.25, -0.2) is 0 Å². The maximum absolute atomic E-state index is 12.5. The zero-order chi connectivity index (χ0) is 18.5. The molecule has 7 heteroatoms. The van der Waals surface area contributed by atoms with Gasteiger partial charge in [0.2, 0.25) is 0 Å². The quantitative estimate of drug-likeness (QED) is 0.638. The molecule has 26 heavy (non-hydrogen) atoms. The van der Waals surface area contributed by atoms with Crippen LogP contribution in [0.2, 0.25) is 5.02 Å². The SMILES string of the molecule is CN(NC(=O)c1ccc(Cl)c(NC(=O)c2cccs2)c1)c1ccccc1. The molecule has 0 spiro atoms. The first kappa shape index (κ1) is 18.0. The van der Waals surface area contributed by atoms with E-state index in [4.69, 9.17) is 11.6 Å². The molecule has 2 amide bonds. The minimum Gasteiger partial charge on any atom is -0.320 e. The molecule has 0 aliphatic carbocycles. The molecule has 0 atom stereocenters. The van der Waals surface area contributed by atoms with Crippen LogP contribution in [0.1, 0.15) is 20.0 Å². The second-order valence-corrected chi connectivity index (χ2v) is 6.82. The minimum absolute atomic E-state index is 0.263. The lowest BCUT2D eigenvalue weighted by Gasteiger charge is -2.20. The molecular formula is C19H16ClN3O2S. The Hall–Kier alpha value is -2.83. The Morgan fingerprint density at radius 3 is 2.46 bits per heavy atom. The number of benzene rings is 2. The van der Waals surface area contributed by atoms with E-state index in [1.807, 2.05) is 35.7 Å². The van der Waals surface area contributed by atoms with Gasteiger partial charge < -0.3 is 5.32 Å². The molecule has 0 fully saturated rings. The summed E-state index contributed by atoms with van der Waals surface area (Å²) in [7, 11) is 1.75. The Kier molecular flexibility index (Phi) is 5.55. The van der Waals surface area contributed by atoms with Gasteiger partial charge in [-0.3, -0.25) is 20.0 Å². The zero-order valence-electron chi connectivity index (χ0n) is 13.9. The normalized spacial score (nSPS) is 10.2. The van der Waals surface area contributed by atoms with Gasteiger partial charge in [0.05, 0.1) is 21.3 Å². The fourth-order valence-electron chi connectivity index (χ4n) is 2.29. The molecule has 0 aliphatic heterocycles. The van der Waals surface area contributed by atoms with E-state index in [9.17, 15) is 9.59 Å². The van der Waals surface area contributed by atoms with Crippen LogP contribution in [0.4, 0.5) is 11.4 Å². The Morgan fingerprint density at radius 1 is 1.00 bits per heavy atom. The first-order chi connectivity index (χ1) is 12.5. The van der Waals surface area contributed by atoms with Gasteiger partial charge in [0, 0.05) is 12.6 Å². The van der Waals surface area contributed by atoms with Crippen molar-refractivity contribution in [3.8, 4) is 0 Å². The lowest BCUT2D eigenvalue weighted by molar-refractivity contribution is 0.0950. The number of rotatable bonds is 5. The Labute approximate surface area is 160 Å². The summed E-state index contributed by atoms with van der Waals surface area (Å²) >= 11 is 7.49. The smallest absolute Gasteiger partial charge is 0.269 e. The summed E-state index contributed by atoms with van der Waals surface area (Å²) in [4.78, 5) is 25.3. The maximum Gasteiger partial charge on any atom is 0.269 e. The van der Waals surface area contributed by atoms with E-state index in [0.29, 0.717) is 21.2 Å². The highest BCUT2D eigenvalue weighted by Crippen LogP contribution is 2.24. The lowest BCUT2D eigenvalue weighted by Crippen LogP contribution is -2.39. The number of anilines is 2. The number of hydrogen-bond donors (Lipinski definition) is 2. The monoisotopic (exact) mass is 385 g/mol. The van der Waals surface area contributed by atoms with Gasteiger partial charge in [0.15, 0.2) is 0 Å². The first-order valence-electron chi connectivity index (χ1n) is 7.79. The van der Waals surface area contributed by atoms with E-state index in [1.54, 1.807) is 42.4 Å². The molecule has 0 unspecified atom stereocenters. The van der Waals surface area contributed by atoms with E-state index in [1.165, 1.54) is 11.3 Å². The predicted octanol–water partition coefficient (Wildman–Crippen LogP) is 4.44. The summed E-state index contributed by atoms with van der Waals surface area (Å²) in [5.74, 6) is -0.569. The van der Waals surface area contributed by atoms with Crippen molar-refractivity contribution in [2.45, 2.75) is 0 Å². The Balaban J connectivity index is 1.74. The van der Waals surface area contributed by atoms with Gasteiger partial charge in [0.25, 0.3) is 11.8 Å². The van der Waals surface area contributed by atoms with E-state index >= 15 is 0 Å². The number of para-hydroxylation sites is 1. The molecule has 0 radical (unpaired) electrons. The molecule has 3 rings (SSSR count). The van der Waals surface area contributed by atoms with Crippen LogP contribution in [-0.2, 0) is 0 Å². The summed E-state index contributed by atoms with van der Waals surface area (Å²) in [6, 6.07) is 17.7. The predicted molar refractivity (Wildman–Crippen MR) is 106 cm³/mol. The van der Waals surface area contributed by atoms with Crippen LogP contribution in [0.5, 0.6) is 0 Å². The molecule has 132 valence electrons. The molecule has 0 saturated heterocycles. The standard InChI is InChI=1S/C19H16ClN3O2S/c1-23(14-6-3-2-4-7-14)22-18(24)13-9-10-15(20)16(12-13)21-19(25)17-8-5-11-26-17/h2-12H,1H3,(H,21,25)(H,22,24). The molecule has 1 aromatic heterocycles. The number of hydrogen-bond acceptors (Lipinski definition) is 4. The molecule has 2 aromatic carbocycles. The highest BCUT2D eigenvalue weighted by Gasteiger charge is 2.14. The molecule has 0 saturated carbocycles. The maximum atomic E-state index is 12.5. The molecule has 1 heterocycles. The van der Waals surface area contributed by atoms with Crippen molar-refractivity contribution in [3.05, 3.63) is 81.5 Å². The average molecular weight is 386 g/mol. The third kappa shape index (κ3) is 4.22. The Bertz CT molecular complexity index is 914. The van der Waals surface area contributed by atoms with E-state index < -0.39 is 0 Å². The second kappa shape index (κ2) is 8.03. The zero-order valence-corrected chi connectivity index (χ0v) is 15.5. The molecular weight excluding hydrogens is 370 g/mol. The molecule has 2 N–H and O–H groups in total. The van der Waals surface area contributed by atoms with E-state index in [0.717, 1.165) is 5.69 Å². The minimum atomic E-state index is -0.306. The highest BCUT2D eigenvalue weighted by molar-refractivity contribution is 7.12. The largest absolute Gasteiger partial charge is 0.320 e. The van der Waals surface area contributed by atoms with Crippen molar-refractivity contribution in [1.29, 1.82) is 0 Å². The van der Waals surface area contributed by atoms with Gasteiger partial charge >= 0.3 is 0 Å². The van der Waals surface area contributed by atoms with Crippen LogP contribution in [0.25, 0.3) is 0 Å². The number of hydrazine groups is 1. The highest BCUT2D eigenvalue weighted by atomic mass is 35.5. The number of halogens is 1. The number of carbonyl (C=O) groups is 2. The molecule has 3 aromatic rings. The number of nitrogens with zero attached hydrogens (tertiary/aromatic N) is 1. The topological polar surface area (TPSA) is 61.4 Å². The number of nitrogens with one attached hydrogen (secondary N) is 2. The molecule has 5 nitrogen and oxygen atoms in total. The first-order valence-corrected chi connectivity index (χ1v) is 9.04. The lowest BCUT2D eigenvalue weighted by atomic mass is 10.2. The number of carbonyl (C=O) groups excluding carboxylic acids is 2. The van der Waals surface area contributed by atoms with Crippen molar-refractivity contribution < 1.29 is 9.59 Å². The Morgan fingerprint density at radius 2 is 1.77 bits per heavy atom. The third-order valence-corrected chi connectivity index (χ3v) is 4.83. The van der Waals surface area contributed by atoms with E-state index in [-0.39, 0.29) is 11.8 Å². The summed E-state index contributed by atoms with van der Waals surface area (Å²) in [5.41, 5.74) is 4.41. The van der Waals surface area contributed by atoms with Crippen LogP contribution in [-0.4, -0.2) is 18.9 Å². The van der Waals surface area contributed by atoms with Crippen LogP contribution in [0.15, 0.2) is 66.0 Å². The number of amides is 2. The van der Waals surface area contributed by atoms with Crippen LogP contribution >= 0.6 is 22.9 Å². The second-order valence-electron chi connectivity index (χ2n) is 5.46. The fourth-order valence-corrected chi connectivity index (χ4v) is 3.07. The summed E-state index contributed by atoms with van der Waals surface area (Å²) in [5, 5.41) is 6.55. The third-order valence-electron chi connectivity index (χ3n) is 3.63. The van der Waals surface area contributed by atoms with Gasteiger partial charge in [-0.05, 0) is 41.8 Å². The van der Waals surface area contributed by atoms with Crippen LogP contribution < -0.4 is 15.8 Å². The van der Waals surface area contributed by atoms with Crippen LogP contribution in [0.3, 0.4) is 0 Å². The van der Waals surface area contributed by atoms with E-state index in [2.05, 4.69) is 10.7 Å². The van der Waals surface area contributed by atoms with Gasteiger partial charge in [-0.15, -0.1) is 11.3 Å². The fraction of sp³-hybridized carbons (Fsp3) is 0.0526. The average Bonchev–Trinajstić information content (AvgIpc) is 3.19. The van der Waals surface area contributed by atoms with Gasteiger partial charge in [0.1, 0.15) is 0 Å². The summed E-state index contributed by atoms with van der Waals surface area (Å²) in [6.07, 6.45) is 0. The van der Waals surface area contributed by atoms with Crippen molar-refractivity contribution in [3.63, 3.8) is 0 Å². The van der Waals surface area contributed by atoms with Crippen molar-refractivity contribution in [2.24, 2.45) is 0 Å².